The number of rotatable bonds is 17. The predicted molar refractivity (Wildman–Crippen MR) is 259 cm³/mol. The molecule has 0 saturated carbocycles. The number of aromatic nitrogens is 1. The van der Waals surface area contributed by atoms with Gasteiger partial charge in [-0.15, -0.1) is 0 Å². The van der Waals surface area contributed by atoms with Crippen molar-refractivity contribution in [3.05, 3.63) is 83.7 Å². The Morgan fingerprint density at radius 1 is 0.681 bits per heavy atom. The second-order valence-corrected chi connectivity index (χ2v) is 19.2. The Morgan fingerprint density at radius 2 is 1.21 bits per heavy atom. The number of nitrogens with zero attached hydrogens (tertiary/aromatic N) is 1. The van der Waals surface area contributed by atoms with Gasteiger partial charge in [0.25, 0.3) is 5.91 Å². The average molecular weight is 1000 g/mol. The van der Waals surface area contributed by atoms with Crippen molar-refractivity contribution >= 4 is 53.2 Å². The van der Waals surface area contributed by atoms with Crippen molar-refractivity contribution in [2.24, 2.45) is 17.8 Å². The van der Waals surface area contributed by atoms with Crippen LogP contribution in [-0.2, 0) is 55.9 Å². The van der Waals surface area contributed by atoms with Crippen molar-refractivity contribution in [2.75, 3.05) is 13.2 Å². The zero-order valence-corrected chi connectivity index (χ0v) is 41.4. The zero-order valence-electron chi connectivity index (χ0n) is 41.4. The summed E-state index contributed by atoms with van der Waals surface area (Å²) < 4.78 is 5.78. The lowest BCUT2D eigenvalue weighted by Gasteiger charge is -2.32. The molecular formula is C50H67N9O13. The van der Waals surface area contributed by atoms with E-state index in [4.69, 9.17) is 4.74 Å². The zero-order chi connectivity index (χ0) is 53.0. The van der Waals surface area contributed by atoms with E-state index in [1.165, 1.54) is 60.4 Å². The molecule has 2 aliphatic rings. The maximum absolute atomic E-state index is 14.3. The predicted octanol–water partition coefficient (Wildman–Crippen LogP) is -0.185. The van der Waals surface area contributed by atoms with Crippen LogP contribution in [0.25, 0.3) is 0 Å². The minimum atomic E-state index is -1.77. The van der Waals surface area contributed by atoms with E-state index in [0.29, 0.717) is 17.5 Å². The fraction of sp³-hybridized carbons (Fsp3) is 0.500. The number of benzene rings is 2. The molecule has 1 aromatic heterocycles. The lowest BCUT2D eigenvalue weighted by Crippen LogP contribution is -2.63. The number of H-pyrrole nitrogens is 1. The average Bonchev–Trinajstić information content (AvgIpc) is 4.07. The molecule has 0 unspecified atom stereocenters. The molecule has 9 atom stereocenters. The maximum Gasteiger partial charge on any atom is 0.329 e. The highest BCUT2D eigenvalue weighted by Crippen LogP contribution is 2.22. The molecule has 3 heterocycles. The van der Waals surface area contributed by atoms with Gasteiger partial charge in [0.15, 0.2) is 0 Å². The molecule has 8 amide bonds. The first-order chi connectivity index (χ1) is 34.1. The Labute approximate surface area is 417 Å². The first-order valence-electron chi connectivity index (χ1n) is 24.0. The van der Waals surface area contributed by atoms with Gasteiger partial charge >= 0.3 is 5.97 Å². The molecule has 0 bridgehead atoms. The normalized spacial score (nSPS) is 22.2. The van der Waals surface area contributed by atoms with E-state index in [-0.39, 0.29) is 48.9 Å². The third-order valence-corrected chi connectivity index (χ3v) is 12.5. The Balaban J connectivity index is 1.35. The van der Waals surface area contributed by atoms with Crippen LogP contribution in [0.4, 0.5) is 0 Å². The number of esters is 1. The molecule has 11 N–H and O–H groups in total. The number of nitrogens with one attached hydrogen (secondary N) is 8. The summed E-state index contributed by atoms with van der Waals surface area (Å²) in [5.41, 5.74) is 1.23. The number of hydrogen-bond donors (Lipinski definition) is 11. The Kier molecular flexibility index (Phi) is 19.3. The van der Waals surface area contributed by atoms with E-state index in [9.17, 15) is 58.5 Å². The number of carbonyl (C=O) groups is 9. The van der Waals surface area contributed by atoms with Crippen molar-refractivity contribution < 1.29 is 63.2 Å². The summed E-state index contributed by atoms with van der Waals surface area (Å²) in [6, 6.07) is 3.89. The monoisotopic (exact) mass is 1000 g/mol. The number of aliphatic hydroxyl groups is 1. The lowest BCUT2D eigenvalue weighted by molar-refractivity contribution is -0.156. The summed E-state index contributed by atoms with van der Waals surface area (Å²) in [6.07, 6.45) is 0.485. The molecule has 3 aromatic rings. The van der Waals surface area contributed by atoms with Crippen LogP contribution in [0.1, 0.15) is 82.9 Å². The Bertz CT molecular complexity index is 2410. The number of cyclic esters (lactones) is 1. The molecule has 390 valence electrons. The molecule has 2 fully saturated rings. The van der Waals surface area contributed by atoms with Crippen LogP contribution in [0.3, 0.4) is 0 Å². The Morgan fingerprint density at radius 3 is 1.75 bits per heavy atom. The molecule has 0 spiro atoms. The number of hydrogen-bond acceptors (Lipinski definition) is 13. The standard InChI is InChI=1S/C50H67N9O13/c1-25(2)38(55-45(66)37-11-9-21-59(37)49(70)40(27(5)6)57-42(63)33-10-8-20-51-33)46(67)56-39(26(3)4)47(68)58-41-28(7)72-50(71)35(23-30-14-18-32(62)19-15-30)53-43(64)34(22-29-12-16-31(61)17-13-29)52-44(65)36(24-60)54-48(41)69/h8,10,12-20,25-28,34-41,51,60-62H,9,11,21-24H2,1-7H3,(H,52,65)(H,53,64)(H,54,69)(H,55,66)(H,56,67)(H,57,63)(H,58,68)/t28-,34+,35+,36-,37+,38+,39-,40+,41+/m1/s1. The summed E-state index contributed by atoms with van der Waals surface area (Å²) in [7, 11) is 0. The molecule has 2 aliphatic heterocycles. The van der Waals surface area contributed by atoms with E-state index in [1.54, 1.807) is 59.9 Å². The molecule has 2 aromatic carbocycles. The SMILES string of the molecule is CC(C)[C@H](NC(=O)[C@@H]1CCCN1C(=O)[C@@H](NC(=O)c1ccc[nH]1)C(C)C)C(=O)N[C@@H](C(=O)N[C@@H]1C(=O)N[C@H](CO)C(=O)N[C@@H](Cc2ccc(O)cc2)C(=O)N[C@@H](Cc2ccc(O)cc2)C(=O)O[C@@H]1C)C(C)C. The lowest BCUT2D eigenvalue weighted by atomic mass is 9.98. The first kappa shape index (κ1) is 55.4. The number of aromatic amines is 1. The summed E-state index contributed by atoms with van der Waals surface area (Å²) in [6.45, 7) is 10.7. The van der Waals surface area contributed by atoms with Gasteiger partial charge in [-0.1, -0.05) is 65.8 Å². The van der Waals surface area contributed by atoms with Gasteiger partial charge in [0.1, 0.15) is 71.6 Å². The molecule has 72 heavy (non-hydrogen) atoms. The minimum absolute atomic E-state index is 0.0557. The van der Waals surface area contributed by atoms with Crippen molar-refractivity contribution in [1.82, 2.24) is 47.1 Å². The fourth-order valence-corrected chi connectivity index (χ4v) is 8.36. The molecule has 0 radical (unpaired) electrons. The summed E-state index contributed by atoms with van der Waals surface area (Å²) in [5.74, 6) is -8.90. The summed E-state index contributed by atoms with van der Waals surface area (Å²) >= 11 is 0. The number of carbonyl (C=O) groups excluding carboxylic acids is 9. The number of aliphatic hydroxyl groups excluding tert-OH is 1. The van der Waals surface area contributed by atoms with Crippen LogP contribution in [0.2, 0.25) is 0 Å². The van der Waals surface area contributed by atoms with Gasteiger partial charge in [-0.25, -0.2) is 4.79 Å². The van der Waals surface area contributed by atoms with E-state index in [0.717, 1.165) is 0 Å². The highest BCUT2D eigenvalue weighted by atomic mass is 16.5. The van der Waals surface area contributed by atoms with Gasteiger partial charge < -0.3 is 67.2 Å². The van der Waals surface area contributed by atoms with Crippen molar-refractivity contribution in [2.45, 2.75) is 129 Å². The third kappa shape index (κ3) is 14.5. The number of likely N-dealkylation sites (tertiary alicyclic amines) is 1. The molecule has 5 rings (SSSR count). The van der Waals surface area contributed by atoms with E-state index >= 15 is 0 Å². The van der Waals surface area contributed by atoms with E-state index < -0.39 is 126 Å². The van der Waals surface area contributed by atoms with Crippen LogP contribution in [0.5, 0.6) is 11.5 Å². The van der Waals surface area contributed by atoms with E-state index in [2.05, 4.69) is 42.2 Å². The fourth-order valence-electron chi connectivity index (χ4n) is 8.36. The van der Waals surface area contributed by atoms with Gasteiger partial charge in [-0.05, 0) is 85.0 Å². The van der Waals surface area contributed by atoms with Crippen molar-refractivity contribution in [1.29, 1.82) is 0 Å². The van der Waals surface area contributed by atoms with Crippen molar-refractivity contribution in [3.8, 4) is 11.5 Å². The summed E-state index contributed by atoms with van der Waals surface area (Å²) in [5, 5.41) is 48.3. The first-order valence-corrected chi connectivity index (χ1v) is 24.0. The smallest absolute Gasteiger partial charge is 0.329 e. The number of phenolic OH excluding ortho intramolecular Hbond substituents is 2. The Hall–Kier alpha value is -7.49. The quantitative estimate of drug-likeness (QED) is 0.0783. The van der Waals surface area contributed by atoms with Crippen molar-refractivity contribution in [3.63, 3.8) is 0 Å². The minimum Gasteiger partial charge on any atom is -0.508 e. The summed E-state index contributed by atoms with van der Waals surface area (Å²) in [4.78, 5) is 129. The molecule has 22 nitrogen and oxygen atoms in total. The van der Waals surface area contributed by atoms with E-state index in [1.807, 2.05) is 0 Å². The highest BCUT2D eigenvalue weighted by Gasteiger charge is 2.42. The van der Waals surface area contributed by atoms with Crippen LogP contribution in [0.15, 0.2) is 66.9 Å². The number of aromatic hydroxyl groups is 2. The number of ether oxygens (including phenoxy) is 1. The van der Waals surface area contributed by atoms with Gasteiger partial charge in [0.2, 0.25) is 41.4 Å². The largest absolute Gasteiger partial charge is 0.508 e. The van der Waals surface area contributed by atoms with Gasteiger partial charge in [0, 0.05) is 25.6 Å². The van der Waals surface area contributed by atoms with Crippen LogP contribution in [0, 0.1) is 17.8 Å². The third-order valence-electron chi connectivity index (χ3n) is 12.5. The van der Waals surface area contributed by atoms with Gasteiger partial charge in [-0.3, -0.25) is 38.4 Å². The van der Waals surface area contributed by atoms with Gasteiger partial charge in [-0.2, -0.15) is 0 Å². The van der Waals surface area contributed by atoms with Crippen LogP contribution >= 0.6 is 0 Å². The number of phenols is 2. The topological polar surface area (TPSA) is 327 Å². The maximum atomic E-state index is 14.3. The molecule has 22 heteroatoms. The molecule has 0 aliphatic carbocycles. The second-order valence-electron chi connectivity index (χ2n) is 19.2. The number of amides is 8. The second kappa shape index (κ2) is 25.1. The molecular weight excluding hydrogens is 935 g/mol. The molecule has 2 saturated heterocycles. The highest BCUT2D eigenvalue weighted by molar-refractivity contribution is 6.00. The van der Waals surface area contributed by atoms with Gasteiger partial charge in [0.05, 0.1) is 6.61 Å². The van der Waals surface area contributed by atoms with Crippen LogP contribution < -0.4 is 37.2 Å². The van der Waals surface area contributed by atoms with Crippen LogP contribution in [-0.4, -0.2) is 146 Å².